The molecule has 29 heavy (non-hydrogen) atoms. The topological polar surface area (TPSA) is 82.7 Å². The number of aryl methyl sites for hydroxylation is 1. The number of nitrogens with one attached hydrogen (secondary N) is 3. The standard InChI is InChI=1S/C21H31FN4O3/c1-14-10-18(22)17(11-19(14)29-13-16-6-7-16)15(2)25-23-8-4-3-5-9-26-12-20(27)24-21(26)28/h10-11,15-16,23,25H,3-9,12-13H2,1-2H3,(H,24,27,28). The fourth-order valence-electron chi connectivity index (χ4n) is 3.31. The minimum Gasteiger partial charge on any atom is -0.493 e. The number of hydrogen-bond acceptors (Lipinski definition) is 5. The van der Waals surface area contributed by atoms with Gasteiger partial charge >= 0.3 is 6.03 Å². The maximum atomic E-state index is 14.4. The summed E-state index contributed by atoms with van der Waals surface area (Å²) in [6, 6.07) is 2.84. The van der Waals surface area contributed by atoms with Gasteiger partial charge in [0.05, 0.1) is 6.61 Å². The summed E-state index contributed by atoms with van der Waals surface area (Å²) in [6.07, 6.45) is 5.12. The number of carbonyl (C=O) groups excluding carboxylic acids is 2. The molecule has 1 atom stereocenters. The Morgan fingerprint density at radius 2 is 2.07 bits per heavy atom. The van der Waals surface area contributed by atoms with Gasteiger partial charge < -0.3 is 9.64 Å². The maximum absolute atomic E-state index is 14.4. The van der Waals surface area contributed by atoms with E-state index >= 15 is 0 Å². The average Bonchev–Trinajstić information content (AvgIpc) is 3.44. The van der Waals surface area contributed by atoms with Crippen LogP contribution in [0.5, 0.6) is 5.75 Å². The summed E-state index contributed by atoms with van der Waals surface area (Å²) in [5.74, 6) is 0.938. The Bertz CT molecular complexity index is 739. The molecule has 1 heterocycles. The third-order valence-electron chi connectivity index (χ3n) is 5.35. The highest BCUT2D eigenvalue weighted by Gasteiger charge is 2.25. The molecule has 1 unspecified atom stereocenters. The molecule has 0 spiro atoms. The van der Waals surface area contributed by atoms with Crippen molar-refractivity contribution < 1.29 is 18.7 Å². The first-order valence-electron chi connectivity index (χ1n) is 10.4. The number of carbonyl (C=O) groups is 2. The first-order chi connectivity index (χ1) is 13.9. The zero-order chi connectivity index (χ0) is 20.8. The number of amides is 3. The summed E-state index contributed by atoms with van der Waals surface area (Å²) >= 11 is 0. The van der Waals surface area contributed by atoms with Crippen molar-refractivity contribution in [1.29, 1.82) is 0 Å². The minimum atomic E-state index is -0.302. The number of ether oxygens (including phenoxy) is 1. The monoisotopic (exact) mass is 406 g/mol. The van der Waals surface area contributed by atoms with E-state index in [1.54, 1.807) is 6.07 Å². The quantitative estimate of drug-likeness (QED) is 0.282. The average molecular weight is 407 g/mol. The van der Waals surface area contributed by atoms with Crippen molar-refractivity contribution in [3.05, 3.63) is 29.1 Å². The molecule has 1 saturated heterocycles. The van der Waals surface area contributed by atoms with E-state index in [0.717, 1.165) is 37.1 Å². The summed E-state index contributed by atoms with van der Waals surface area (Å²) < 4.78 is 20.3. The molecule has 2 fully saturated rings. The van der Waals surface area contributed by atoms with Crippen LogP contribution in [0.15, 0.2) is 12.1 Å². The van der Waals surface area contributed by atoms with Crippen molar-refractivity contribution in [1.82, 2.24) is 21.1 Å². The predicted molar refractivity (Wildman–Crippen MR) is 108 cm³/mol. The molecule has 3 amide bonds. The van der Waals surface area contributed by atoms with Crippen LogP contribution in [0.1, 0.15) is 56.2 Å². The van der Waals surface area contributed by atoms with Crippen molar-refractivity contribution >= 4 is 11.9 Å². The third-order valence-corrected chi connectivity index (χ3v) is 5.35. The van der Waals surface area contributed by atoms with E-state index in [4.69, 9.17) is 4.74 Å². The molecule has 8 heteroatoms. The van der Waals surface area contributed by atoms with Crippen molar-refractivity contribution in [3.63, 3.8) is 0 Å². The molecule has 1 aliphatic carbocycles. The van der Waals surface area contributed by atoms with E-state index in [2.05, 4.69) is 16.2 Å². The molecule has 160 valence electrons. The van der Waals surface area contributed by atoms with Gasteiger partial charge in [0.1, 0.15) is 18.1 Å². The van der Waals surface area contributed by atoms with Gasteiger partial charge in [0.15, 0.2) is 0 Å². The van der Waals surface area contributed by atoms with Crippen molar-refractivity contribution in [2.24, 2.45) is 5.92 Å². The molecule has 1 aromatic carbocycles. The second-order valence-electron chi connectivity index (χ2n) is 8.02. The number of benzene rings is 1. The van der Waals surface area contributed by atoms with Gasteiger partial charge in [-0.15, -0.1) is 0 Å². The number of unbranched alkanes of at least 4 members (excludes halogenated alkanes) is 2. The van der Waals surface area contributed by atoms with E-state index in [1.165, 1.54) is 23.8 Å². The second kappa shape index (κ2) is 10.0. The van der Waals surface area contributed by atoms with Crippen LogP contribution in [-0.2, 0) is 4.79 Å². The number of rotatable bonds is 12. The maximum Gasteiger partial charge on any atom is 0.324 e. The van der Waals surface area contributed by atoms with Gasteiger partial charge in [-0.3, -0.25) is 21.0 Å². The van der Waals surface area contributed by atoms with Crippen LogP contribution in [0.2, 0.25) is 0 Å². The molecule has 1 aromatic rings. The van der Waals surface area contributed by atoms with Crippen LogP contribution >= 0.6 is 0 Å². The largest absolute Gasteiger partial charge is 0.493 e. The van der Waals surface area contributed by atoms with Gasteiger partial charge in [-0.1, -0.05) is 6.42 Å². The molecule has 3 rings (SSSR count). The molecule has 3 N–H and O–H groups in total. The van der Waals surface area contributed by atoms with Gasteiger partial charge in [0, 0.05) is 24.7 Å². The SMILES string of the molecule is Cc1cc(F)c(C(C)NNCCCCCN2CC(=O)NC2=O)cc1OCC1CC1. The smallest absolute Gasteiger partial charge is 0.324 e. The summed E-state index contributed by atoms with van der Waals surface area (Å²) in [5, 5.41) is 2.27. The fourth-order valence-corrected chi connectivity index (χ4v) is 3.31. The van der Waals surface area contributed by atoms with Crippen LogP contribution in [-0.4, -0.2) is 43.1 Å². The lowest BCUT2D eigenvalue weighted by Gasteiger charge is -2.18. The molecule has 1 saturated carbocycles. The highest BCUT2D eigenvalue weighted by atomic mass is 19.1. The number of urea groups is 1. The zero-order valence-electron chi connectivity index (χ0n) is 17.2. The number of hydrogen-bond donors (Lipinski definition) is 3. The molecular formula is C21H31FN4O3. The summed E-state index contributed by atoms with van der Waals surface area (Å²) in [6.45, 7) is 5.96. The van der Waals surface area contributed by atoms with Crippen LogP contribution in [0.4, 0.5) is 9.18 Å². The highest BCUT2D eigenvalue weighted by molar-refractivity contribution is 6.01. The normalized spacial score (nSPS) is 17.6. The van der Waals surface area contributed by atoms with Crippen molar-refractivity contribution in [2.45, 2.75) is 52.0 Å². The molecule has 1 aliphatic heterocycles. The molecule has 0 radical (unpaired) electrons. The predicted octanol–water partition coefficient (Wildman–Crippen LogP) is 2.80. The van der Waals surface area contributed by atoms with Crippen LogP contribution in [0.3, 0.4) is 0 Å². The second-order valence-corrected chi connectivity index (χ2v) is 8.02. The van der Waals surface area contributed by atoms with E-state index in [9.17, 15) is 14.0 Å². The van der Waals surface area contributed by atoms with Gasteiger partial charge in [0.2, 0.25) is 5.91 Å². The molecule has 2 aliphatic rings. The Kier molecular flexibility index (Phi) is 7.44. The highest BCUT2D eigenvalue weighted by Crippen LogP contribution is 2.32. The number of imide groups is 1. The lowest BCUT2D eigenvalue weighted by Crippen LogP contribution is -2.35. The van der Waals surface area contributed by atoms with Gasteiger partial charge in [0.25, 0.3) is 0 Å². The Balaban J connectivity index is 1.34. The first kappa shape index (κ1) is 21.5. The summed E-state index contributed by atoms with van der Waals surface area (Å²) in [7, 11) is 0. The summed E-state index contributed by atoms with van der Waals surface area (Å²) in [5.41, 5.74) is 7.69. The third kappa shape index (κ3) is 6.40. The van der Waals surface area contributed by atoms with Crippen molar-refractivity contribution in [3.8, 4) is 5.75 Å². The van der Waals surface area contributed by atoms with Crippen LogP contribution in [0.25, 0.3) is 0 Å². The van der Waals surface area contributed by atoms with E-state index in [-0.39, 0.29) is 30.3 Å². The Hall–Kier alpha value is -2.19. The lowest BCUT2D eigenvalue weighted by molar-refractivity contribution is -0.118. The van der Waals surface area contributed by atoms with Crippen LogP contribution < -0.4 is 20.9 Å². The molecule has 7 nitrogen and oxygen atoms in total. The number of halogens is 1. The molecule has 0 aromatic heterocycles. The van der Waals surface area contributed by atoms with Crippen molar-refractivity contribution in [2.75, 3.05) is 26.2 Å². The Morgan fingerprint density at radius 1 is 1.28 bits per heavy atom. The van der Waals surface area contributed by atoms with E-state index < -0.39 is 0 Å². The lowest BCUT2D eigenvalue weighted by atomic mass is 10.0. The Labute approximate surface area is 171 Å². The molecule has 0 bridgehead atoms. The minimum absolute atomic E-state index is 0.157. The van der Waals surface area contributed by atoms with Crippen LogP contribution in [0, 0.1) is 18.7 Å². The summed E-state index contributed by atoms with van der Waals surface area (Å²) in [4.78, 5) is 24.1. The number of hydrazine groups is 1. The first-order valence-corrected chi connectivity index (χ1v) is 10.4. The van der Waals surface area contributed by atoms with E-state index in [1.807, 2.05) is 13.8 Å². The number of nitrogens with zero attached hydrogens (tertiary/aromatic N) is 1. The molecular weight excluding hydrogens is 375 g/mol. The van der Waals surface area contributed by atoms with Gasteiger partial charge in [-0.25, -0.2) is 9.18 Å². The van der Waals surface area contributed by atoms with E-state index in [0.29, 0.717) is 24.6 Å². The van der Waals surface area contributed by atoms with Gasteiger partial charge in [-0.2, -0.15) is 0 Å². The fraction of sp³-hybridized carbons (Fsp3) is 0.619. The Morgan fingerprint density at radius 3 is 2.76 bits per heavy atom. The van der Waals surface area contributed by atoms with Gasteiger partial charge in [-0.05, 0) is 63.1 Å². The zero-order valence-corrected chi connectivity index (χ0v) is 17.2.